The summed E-state index contributed by atoms with van der Waals surface area (Å²) in [6.07, 6.45) is 4.45. The molecule has 0 bridgehead atoms. The molecule has 5 heteroatoms. The molecule has 94 valence electrons. The molecule has 1 aromatic rings. The van der Waals surface area contributed by atoms with Gasteiger partial charge in [0.1, 0.15) is 17.5 Å². The molecule has 1 aliphatic rings. The molecule has 0 amide bonds. The number of aromatic nitrogens is 2. The Morgan fingerprint density at radius 2 is 2.12 bits per heavy atom. The van der Waals surface area contributed by atoms with Gasteiger partial charge in [0.2, 0.25) is 0 Å². The molecule has 0 atom stereocenters. The van der Waals surface area contributed by atoms with Gasteiger partial charge in [0.05, 0.1) is 0 Å². The Balaban J connectivity index is 2.36. The molecule has 0 unspecified atom stereocenters. The van der Waals surface area contributed by atoms with Crippen molar-refractivity contribution in [3.8, 4) is 0 Å². The van der Waals surface area contributed by atoms with Crippen molar-refractivity contribution in [1.29, 1.82) is 0 Å². The summed E-state index contributed by atoms with van der Waals surface area (Å²) in [6, 6.07) is 0.642. The monoisotopic (exact) mass is 235 g/mol. The molecule has 1 fully saturated rings. The second-order valence-electron chi connectivity index (χ2n) is 4.67. The van der Waals surface area contributed by atoms with Crippen LogP contribution in [0.3, 0.4) is 0 Å². The number of nitrogen functional groups attached to an aromatic ring is 1. The average molecular weight is 235 g/mol. The molecule has 0 aliphatic heterocycles. The number of nitrogens with one attached hydrogen (secondary N) is 1. The standard InChI is InChI=1S/C12H21N5/c1-4-5-10-14-11(16-13)8(2)12(15-10)17(3)9-6-7-9/h9H,4-7,13H2,1-3H3,(H,14,15,16). The van der Waals surface area contributed by atoms with E-state index in [0.29, 0.717) is 6.04 Å². The zero-order valence-corrected chi connectivity index (χ0v) is 10.8. The molecule has 1 aromatic heterocycles. The van der Waals surface area contributed by atoms with Crippen LogP contribution in [-0.2, 0) is 6.42 Å². The fourth-order valence-electron chi connectivity index (χ4n) is 2.00. The molecule has 17 heavy (non-hydrogen) atoms. The topological polar surface area (TPSA) is 67.1 Å². The normalized spacial score (nSPS) is 14.8. The van der Waals surface area contributed by atoms with E-state index in [1.165, 1.54) is 12.8 Å². The van der Waals surface area contributed by atoms with Crippen LogP contribution in [0.1, 0.15) is 37.6 Å². The van der Waals surface area contributed by atoms with E-state index in [9.17, 15) is 0 Å². The van der Waals surface area contributed by atoms with E-state index in [1.807, 2.05) is 6.92 Å². The first-order chi connectivity index (χ1) is 8.17. The Labute approximate surface area is 102 Å². The van der Waals surface area contributed by atoms with E-state index >= 15 is 0 Å². The predicted molar refractivity (Wildman–Crippen MR) is 70.0 cm³/mol. The number of hydrogen-bond acceptors (Lipinski definition) is 5. The number of nitrogens with zero attached hydrogens (tertiary/aromatic N) is 3. The van der Waals surface area contributed by atoms with Crippen LogP contribution < -0.4 is 16.2 Å². The molecule has 3 N–H and O–H groups in total. The molecular formula is C12H21N5. The first-order valence-electron chi connectivity index (χ1n) is 6.24. The third-order valence-electron chi connectivity index (χ3n) is 3.21. The summed E-state index contributed by atoms with van der Waals surface area (Å²) in [5.74, 6) is 8.14. The van der Waals surface area contributed by atoms with Gasteiger partial charge in [-0.25, -0.2) is 15.8 Å². The van der Waals surface area contributed by atoms with Crippen molar-refractivity contribution in [2.24, 2.45) is 5.84 Å². The first-order valence-corrected chi connectivity index (χ1v) is 6.24. The molecule has 2 rings (SSSR count). The van der Waals surface area contributed by atoms with Crippen LogP contribution >= 0.6 is 0 Å². The Morgan fingerprint density at radius 1 is 1.41 bits per heavy atom. The third-order valence-corrected chi connectivity index (χ3v) is 3.21. The maximum atomic E-state index is 5.52. The average Bonchev–Trinajstić information content (AvgIpc) is 3.14. The summed E-state index contributed by atoms with van der Waals surface area (Å²) in [6.45, 7) is 4.14. The molecule has 0 radical (unpaired) electrons. The fourth-order valence-corrected chi connectivity index (χ4v) is 2.00. The van der Waals surface area contributed by atoms with E-state index in [4.69, 9.17) is 5.84 Å². The van der Waals surface area contributed by atoms with Gasteiger partial charge in [-0.2, -0.15) is 0 Å². The van der Waals surface area contributed by atoms with E-state index in [0.717, 1.165) is 35.9 Å². The number of hydrazine groups is 1. The van der Waals surface area contributed by atoms with Gasteiger partial charge >= 0.3 is 0 Å². The molecule has 5 nitrogen and oxygen atoms in total. The van der Waals surface area contributed by atoms with Crippen LogP contribution in [0.25, 0.3) is 0 Å². The highest BCUT2D eigenvalue weighted by Crippen LogP contribution is 2.32. The smallest absolute Gasteiger partial charge is 0.148 e. The number of aryl methyl sites for hydroxylation is 1. The van der Waals surface area contributed by atoms with Gasteiger partial charge in [-0.15, -0.1) is 0 Å². The second kappa shape index (κ2) is 4.87. The lowest BCUT2D eigenvalue weighted by Crippen LogP contribution is -2.24. The van der Waals surface area contributed by atoms with Gasteiger partial charge in [0.15, 0.2) is 0 Å². The molecule has 0 spiro atoms. The summed E-state index contributed by atoms with van der Waals surface area (Å²) in [4.78, 5) is 11.3. The highest BCUT2D eigenvalue weighted by molar-refractivity contribution is 5.58. The van der Waals surface area contributed by atoms with Crippen molar-refractivity contribution >= 4 is 11.6 Å². The third kappa shape index (κ3) is 2.49. The Kier molecular flexibility index (Phi) is 3.47. The fraction of sp³-hybridized carbons (Fsp3) is 0.667. The van der Waals surface area contributed by atoms with Gasteiger partial charge in [0, 0.05) is 25.1 Å². The number of anilines is 2. The summed E-state index contributed by atoms with van der Waals surface area (Å²) in [5.41, 5.74) is 3.70. The maximum absolute atomic E-state index is 5.52. The summed E-state index contributed by atoms with van der Waals surface area (Å²) < 4.78 is 0. The quantitative estimate of drug-likeness (QED) is 0.599. The number of hydrogen-bond donors (Lipinski definition) is 2. The predicted octanol–water partition coefficient (Wildman–Crippen LogP) is 1.62. The lowest BCUT2D eigenvalue weighted by atomic mass is 10.2. The van der Waals surface area contributed by atoms with Gasteiger partial charge in [-0.05, 0) is 26.2 Å². The van der Waals surface area contributed by atoms with Gasteiger partial charge in [-0.3, -0.25) is 0 Å². The van der Waals surface area contributed by atoms with E-state index in [2.05, 4.69) is 34.3 Å². The number of nitrogens with two attached hydrogens (primary N) is 1. The van der Waals surface area contributed by atoms with Crippen LogP contribution in [0.4, 0.5) is 11.6 Å². The molecule has 1 aliphatic carbocycles. The second-order valence-corrected chi connectivity index (χ2v) is 4.67. The van der Waals surface area contributed by atoms with Crippen LogP contribution in [-0.4, -0.2) is 23.1 Å². The zero-order valence-electron chi connectivity index (χ0n) is 10.8. The van der Waals surface area contributed by atoms with Gasteiger partial charge in [-0.1, -0.05) is 6.92 Å². The van der Waals surface area contributed by atoms with Crippen molar-refractivity contribution in [3.63, 3.8) is 0 Å². The molecule has 0 saturated heterocycles. The van der Waals surface area contributed by atoms with Gasteiger partial charge in [0.25, 0.3) is 0 Å². The van der Waals surface area contributed by atoms with E-state index in [-0.39, 0.29) is 0 Å². The highest BCUT2D eigenvalue weighted by Gasteiger charge is 2.29. The summed E-state index contributed by atoms with van der Waals surface area (Å²) in [5, 5.41) is 0. The van der Waals surface area contributed by atoms with Crippen molar-refractivity contribution in [3.05, 3.63) is 11.4 Å². The molecular weight excluding hydrogens is 214 g/mol. The molecule has 1 heterocycles. The van der Waals surface area contributed by atoms with Gasteiger partial charge < -0.3 is 10.3 Å². The first kappa shape index (κ1) is 12.1. The van der Waals surface area contributed by atoms with Crippen molar-refractivity contribution in [1.82, 2.24) is 9.97 Å². The Morgan fingerprint density at radius 3 is 2.65 bits per heavy atom. The Bertz CT molecular complexity index is 400. The minimum absolute atomic E-state index is 0.642. The lowest BCUT2D eigenvalue weighted by molar-refractivity contribution is 0.805. The largest absolute Gasteiger partial charge is 0.356 e. The highest BCUT2D eigenvalue weighted by atomic mass is 15.3. The van der Waals surface area contributed by atoms with E-state index < -0.39 is 0 Å². The summed E-state index contributed by atoms with van der Waals surface area (Å²) >= 11 is 0. The molecule has 1 saturated carbocycles. The summed E-state index contributed by atoms with van der Waals surface area (Å²) in [7, 11) is 2.10. The SMILES string of the molecule is CCCc1nc(NN)c(C)c(N(C)C2CC2)n1. The number of rotatable bonds is 5. The van der Waals surface area contributed by atoms with Crippen molar-refractivity contribution < 1.29 is 0 Å². The molecule has 0 aromatic carbocycles. The minimum Gasteiger partial charge on any atom is -0.356 e. The van der Waals surface area contributed by atoms with E-state index in [1.54, 1.807) is 0 Å². The van der Waals surface area contributed by atoms with Crippen molar-refractivity contribution in [2.75, 3.05) is 17.4 Å². The van der Waals surface area contributed by atoms with Crippen LogP contribution in [0.15, 0.2) is 0 Å². The minimum atomic E-state index is 0.642. The Hall–Kier alpha value is -1.36. The lowest BCUT2D eigenvalue weighted by Gasteiger charge is -2.21. The maximum Gasteiger partial charge on any atom is 0.148 e. The zero-order chi connectivity index (χ0) is 12.4. The van der Waals surface area contributed by atoms with Crippen LogP contribution in [0.5, 0.6) is 0 Å². The van der Waals surface area contributed by atoms with Crippen molar-refractivity contribution in [2.45, 2.75) is 45.6 Å². The van der Waals surface area contributed by atoms with Crippen LogP contribution in [0.2, 0.25) is 0 Å². The van der Waals surface area contributed by atoms with Crippen LogP contribution in [0, 0.1) is 6.92 Å².